The Morgan fingerprint density at radius 2 is 1.60 bits per heavy atom. The second-order valence-corrected chi connectivity index (χ2v) is 5.64. The fraction of sp³-hybridized carbons (Fsp3) is 1.00. The number of thioether (sulfide) groups is 1. The standard InChI is InChI=1S/C8H19NS/c1-7(2,9)6-8(3,4)10-5/h6,9H2,1-5H3. The lowest BCUT2D eigenvalue weighted by molar-refractivity contribution is 0.425. The Balaban J connectivity index is 3.89. The largest absolute Gasteiger partial charge is 0.326 e. The summed E-state index contributed by atoms with van der Waals surface area (Å²) in [4.78, 5) is 0. The number of nitrogens with two attached hydrogens (primary N) is 1. The van der Waals surface area contributed by atoms with E-state index in [4.69, 9.17) is 5.73 Å². The molecule has 0 unspecified atom stereocenters. The zero-order chi connectivity index (χ0) is 8.41. The van der Waals surface area contributed by atoms with E-state index in [1.54, 1.807) is 0 Å². The van der Waals surface area contributed by atoms with Crippen LogP contribution in [0.1, 0.15) is 34.1 Å². The molecule has 62 valence electrons. The first-order valence-electron chi connectivity index (χ1n) is 3.61. The maximum Gasteiger partial charge on any atom is 0.0118 e. The van der Waals surface area contributed by atoms with Gasteiger partial charge in [0, 0.05) is 10.3 Å². The molecule has 0 saturated carbocycles. The Bertz CT molecular complexity index is 102. The Hall–Kier alpha value is 0.310. The third-order valence-electron chi connectivity index (χ3n) is 1.43. The normalized spacial score (nSPS) is 13.8. The fourth-order valence-corrected chi connectivity index (χ4v) is 1.69. The second kappa shape index (κ2) is 3.14. The molecule has 0 radical (unpaired) electrons. The minimum Gasteiger partial charge on any atom is -0.326 e. The Morgan fingerprint density at radius 3 is 1.70 bits per heavy atom. The molecule has 0 saturated heterocycles. The van der Waals surface area contributed by atoms with Crippen molar-refractivity contribution in [2.45, 2.75) is 44.4 Å². The molecular formula is C8H19NS. The summed E-state index contributed by atoms with van der Waals surface area (Å²) < 4.78 is 0.318. The molecule has 0 aliphatic rings. The molecule has 0 rings (SSSR count). The van der Waals surface area contributed by atoms with Crippen LogP contribution in [0.3, 0.4) is 0 Å². The molecule has 0 aliphatic carbocycles. The average Bonchev–Trinajstić information content (AvgIpc) is 1.60. The Labute approximate surface area is 68.8 Å². The summed E-state index contributed by atoms with van der Waals surface area (Å²) in [6, 6.07) is 0. The van der Waals surface area contributed by atoms with Crippen molar-refractivity contribution >= 4 is 11.8 Å². The molecular weight excluding hydrogens is 142 g/mol. The van der Waals surface area contributed by atoms with Crippen LogP contribution in [0.5, 0.6) is 0 Å². The monoisotopic (exact) mass is 161 g/mol. The van der Waals surface area contributed by atoms with Crippen LogP contribution in [0, 0.1) is 0 Å². The van der Waals surface area contributed by atoms with Crippen molar-refractivity contribution in [1.82, 2.24) is 0 Å². The first-order valence-corrected chi connectivity index (χ1v) is 4.83. The van der Waals surface area contributed by atoms with E-state index < -0.39 is 0 Å². The zero-order valence-corrected chi connectivity index (χ0v) is 8.51. The van der Waals surface area contributed by atoms with Crippen LogP contribution in [0.15, 0.2) is 0 Å². The molecule has 0 aliphatic heterocycles. The van der Waals surface area contributed by atoms with E-state index in [1.165, 1.54) is 0 Å². The fourth-order valence-electron chi connectivity index (χ4n) is 1.17. The van der Waals surface area contributed by atoms with Gasteiger partial charge in [0.05, 0.1) is 0 Å². The van der Waals surface area contributed by atoms with E-state index >= 15 is 0 Å². The van der Waals surface area contributed by atoms with Gasteiger partial charge in [0.15, 0.2) is 0 Å². The molecule has 2 N–H and O–H groups in total. The second-order valence-electron chi connectivity index (χ2n) is 4.13. The van der Waals surface area contributed by atoms with Crippen LogP contribution >= 0.6 is 11.8 Å². The lowest BCUT2D eigenvalue weighted by Crippen LogP contribution is -2.38. The summed E-state index contributed by atoms with van der Waals surface area (Å²) in [7, 11) is 0. The van der Waals surface area contributed by atoms with E-state index in [0.29, 0.717) is 4.75 Å². The highest BCUT2D eigenvalue weighted by molar-refractivity contribution is 7.99. The molecule has 0 aromatic carbocycles. The summed E-state index contributed by atoms with van der Waals surface area (Å²) in [6.07, 6.45) is 3.19. The van der Waals surface area contributed by atoms with E-state index in [0.717, 1.165) is 6.42 Å². The molecule has 0 atom stereocenters. The quantitative estimate of drug-likeness (QED) is 0.687. The van der Waals surface area contributed by atoms with Crippen LogP contribution in [0.25, 0.3) is 0 Å². The summed E-state index contributed by atoms with van der Waals surface area (Å²) in [5, 5.41) is 0. The van der Waals surface area contributed by atoms with Crippen LogP contribution in [-0.2, 0) is 0 Å². The number of hydrogen-bond donors (Lipinski definition) is 1. The SMILES string of the molecule is CSC(C)(C)CC(C)(C)N. The van der Waals surface area contributed by atoms with Crippen molar-refractivity contribution in [2.75, 3.05) is 6.26 Å². The van der Waals surface area contributed by atoms with E-state index in [-0.39, 0.29) is 5.54 Å². The topological polar surface area (TPSA) is 26.0 Å². The number of hydrogen-bond acceptors (Lipinski definition) is 2. The van der Waals surface area contributed by atoms with Gasteiger partial charge in [-0.3, -0.25) is 0 Å². The third-order valence-corrected chi connectivity index (χ3v) is 2.68. The van der Waals surface area contributed by atoms with Crippen LogP contribution in [-0.4, -0.2) is 16.5 Å². The van der Waals surface area contributed by atoms with Crippen molar-refractivity contribution in [3.63, 3.8) is 0 Å². The van der Waals surface area contributed by atoms with Crippen LogP contribution < -0.4 is 5.73 Å². The van der Waals surface area contributed by atoms with Gasteiger partial charge < -0.3 is 5.73 Å². The minimum absolute atomic E-state index is 0.0352. The van der Waals surface area contributed by atoms with Gasteiger partial charge >= 0.3 is 0 Å². The lowest BCUT2D eigenvalue weighted by atomic mass is 9.93. The molecule has 0 bridgehead atoms. The van der Waals surface area contributed by atoms with Crippen molar-refractivity contribution in [3.8, 4) is 0 Å². The molecule has 0 aromatic heterocycles. The van der Waals surface area contributed by atoms with Gasteiger partial charge in [0.25, 0.3) is 0 Å². The smallest absolute Gasteiger partial charge is 0.0118 e. The van der Waals surface area contributed by atoms with Crippen molar-refractivity contribution in [2.24, 2.45) is 5.73 Å². The van der Waals surface area contributed by atoms with Crippen LogP contribution in [0.4, 0.5) is 0 Å². The van der Waals surface area contributed by atoms with Gasteiger partial charge in [-0.05, 0) is 26.5 Å². The van der Waals surface area contributed by atoms with Crippen molar-refractivity contribution in [3.05, 3.63) is 0 Å². The van der Waals surface area contributed by atoms with E-state index in [2.05, 4.69) is 34.0 Å². The summed E-state index contributed by atoms with van der Waals surface area (Å²) >= 11 is 1.87. The van der Waals surface area contributed by atoms with Gasteiger partial charge in [0.1, 0.15) is 0 Å². The highest BCUT2D eigenvalue weighted by Gasteiger charge is 2.24. The Kier molecular flexibility index (Phi) is 3.24. The van der Waals surface area contributed by atoms with E-state index in [9.17, 15) is 0 Å². The first kappa shape index (κ1) is 10.3. The number of rotatable bonds is 3. The van der Waals surface area contributed by atoms with Gasteiger partial charge in [-0.1, -0.05) is 13.8 Å². The highest BCUT2D eigenvalue weighted by Crippen LogP contribution is 2.29. The molecule has 0 amide bonds. The highest BCUT2D eigenvalue weighted by atomic mass is 32.2. The van der Waals surface area contributed by atoms with Gasteiger partial charge in [-0.15, -0.1) is 0 Å². The minimum atomic E-state index is -0.0352. The molecule has 0 spiro atoms. The van der Waals surface area contributed by atoms with Crippen molar-refractivity contribution in [1.29, 1.82) is 0 Å². The summed E-state index contributed by atoms with van der Waals surface area (Å²) in [6.45, 7) is 8.61. The molecule has 0 heterocycles. The van der Waals surface area contributed by atoms with Crippen molar-refractivity contribution < 1.29 is 0 Å². The summed E-state index contributed by atoms with van der Waals surface area (Å²) in [5.41, 5.74) is 5.85. The van der Waals surface area contributed by atoms with E-state index in [1.807, 2.05) is 11.8 Å². The zero-order valence-electron chi connectivity index (χ0n) is 7.69. The Morgan fingerprint density at radius 1 is 1.20 bits per heavy atom. The lowest BCUT2D eigenvalue weighted by Gasteiger charge is -2.30. The predicted molar refractivity (Wildman–Crippen MR) is 50.5 cm³/mol. The molecule has 0 fully saturated rings. The summed E-state index contributed by atoms with van der Waals surface area (Å²) in [5.74, 6) is 0. The molecule has 1 nitrogen and oxygen atoms in total. The molecule has 10 heavy (non-hydrogen) atoms. The van der Waals surface area contributed by atoms with Gasteiger partial charge in [-0.25, -0.2) is 0 Å². The maximum atomic E-state index is 5.88. The maximum absolute atomic E-state index is 5.88. The third kappa shape index (κ3) is 5.12. The van der Waals surface area contributed by atoms with Gasteiger partial charge in [0.2, 0.25) is 0 Å². The average molecular weight is 161 g/mol. The van der Waals surface area contributed by atoms with Crippen LogP contribution in [0.2, 0.25) is 0 Å². The van der Waals surface area contributed by atoms with Gasteiger partial charge in [-0.2, -0.15) is 11.8 Å². The first-order chi connectivity index (χ1) is 4.27. The molecule has 0 aromatic rings. The predicted octanol–water partition coefficient (Wildman–Crippen LogP) is 2.26. The molecule has 2 heteroatoms.